The minimum Gasteiger partial charge on any atom is -0.356 e. The fourth-order valence-corrected chi connectivity index (χ4v) is 4.59. The summed E-state index contributed by atoms with van der Waals surface area (Å²) >= 11 is 6.00. The van der Waals surface area contributed by atoms with Crippen molar-refractivity contribution in [2.24, 2.45) is 0 Å². The maximum absolute atomic E-state index is 13.2. The third-order valence-electron chi connectivity index (χ3n) is 5.81. The Hall–Kier alpha value is -3.32. The molecule has 2 N–H and O–H groups in total. The summed E-state index contributed by atoms with van der Waals surface area (Å²) in [6, 6.07) is 14.0. The van der Waals surface area contributed by atoms with Crippen molar-refractivity contribution in [1.82, 2.24) is 14.8 Å². The van der Waals surface area contributed by atoms with Crippen LogP contribution in [0.2, 0.25) is 0 Å². The van der Waals surface area contributed by atoms with Gasteiger partial charge in [0, 0.05) is 49.7 Å². The Morgan fingerprint density at radius 2 is 1.81 bits per heavy atom. The predicted molar refractivity (Wildman–Crippen MR) is 125 cm³/mol. The zero-order chi connectivity index (χ0) is 23.0. The van der Waals surface area contributed by atoms with Crippen LogP contribution in [0.1, 0.15) is 29.8 Å². The molecule has 0 radical (unpaired) electrons. The van der Waals surface area contributed by atoms with Crippen LogP contribution >= 0.6 is 11.6 Å². The SMILES string of the molecule is CC(=O)Nc1ccc([C@@H]2c3[nH]c4ccccc4c3C[C@H](C(=O)N(C)C)N2C(=O)CCl)cc1. The van der Waals surface area contributed by atoms with Gasteiger partial charge in [0.1, 0.15) is 11.9 Å². The number of hydrogen-bond donors (Lipinski definition) is 2. The van der Waals surface area contributed by atoms with Crippen molar-refractivity contribution in [2.75, 3.05) is 25.3 Å². The van der Waals surface area contributed by atoms with Crippen LogP contribution in [0.3, 0.4) is 0 Å². The highest BCUT2D eigenvalue weighted by Crippen LogP contribution is 2.41. The summed E-state index contributed by atoms with van der Waals surface area (Å²) in [5.41, 5.74) is 4.33. The van der Waals surface area contributed by atoms with Crippen molar-refractivity contribution in [3.63, 3.8) is 0 Å². The summed E-state index contributed by atoms with van der Waals surface area (Å²) in [6.45, 7) is 1.45. The first-order valence-electron chi connectivity index (χ1n) is 10.4. The van der Waals surface area contributed by atoms with E-state index in [1.807, 2.05) is 36.4 Å². The van der Waals surface area contributed by atoms with Crippen LogP contribution in [0.4, 0.5) is 5.69 Å². The van der Waals surface area contributed by atoms with Gasteiger partial charge in [0.15, 0.2) is 0 Å². The largest absolute Gasteiger partial charge is 0.356 e. The van der Waals surface area contributed by atoms with Crippen LogP contribution in [0.5, 0.6) is 0 Å². The lowest BCUT2D eigenvalue weighted by molar-refractivity contribution is -0.145. The van der Waals surface area contributed by atoms with Crippen LogP contribution in [0, 0.1) is 0 Å². The number of alkyl halides is 1. The monoisotopic (exact) mass is 452 g/mol. The Kier molecular flexibility index (Phi) is 5.93. The number of para-hydroxylation sites is 1. The first kappa shape index (κ1) is 21.9. The molecule has 32 heavy (non-hydrogen) atoms. The quantitative estimate of drug-likeness (QED) is 0.595. The molecule has 0 bridgehead atoms. The number of aromatic nitrogens is 1. The van der Waals surface area contributed by atoms with E-state index >= 15 is 0 Å². The normalized spacial score (nSPS) is 17.7. The molecule has 3 amide bonds. The maximum atomic E-state index is 13.2. The summed E-state index contributed by atoms with van der Waals surface area (Å²) in [4.78, 5) is 44.2. The Morgan fingerprint density at radius 3 is 2.44 bits per heavy atom. The van der Waals surface area contributed by atoms with Gasteiger partial charge >= 0.3 is 0 Å². The standard InChI is InChI=1S/C24H25ClN4O3/c1-14(30)26-16-10-8-15(9-11-16)23-22-18(17-6-4-5-7-19(17)27-22)12-20(24(32)28(2)3)29(23)21(31)13-25/h4-11,20,23,27H,12-13H2,1-3H3,(H,26,30)/t20-,23-/m1/s1. The number of rotatable bonds is 4. The molecule has 4 rings (SSSR count). The number of likely N-dealkylation sites (N-methyl/N-ethyl adjacent to an activating group) is 1. The van der Waals surface area contributed by atoms with Gasteiger partial charge in [0.2, 0.25) is 17.7 Å². The first-order chi connectivity index (χ1) is 15.3. The summed E-state index contributed by atoms with van der Waals surface area (Å²) < 4.78 is 0. The zero-order valence-electron chi connectivity index (χ0n) is 18.2. The average Bonchev–Trinajstić information content (AvgIpc) is 3.15. The lowest BCUT2D eigenvalue weighted by atomic mass is 9.87. The lowest BCUT2D eigenvalue weighted by Crippen LogP contribution is -2.54. The van der Waals surface area contributed by atoms with E-state index < -0.39 is 12.1 Å². The van der Waals surface area contributed by atoms with Crippen LogP contribution in [0.15, 0.2) is 48.5 Å². The molecule has 0 unspecified atom stereocenters. The third kappa shape index (κ3) is 3.84. The number of nitrogens with one attached hydrogen (secondary N) is 2. The Morgan fingerprint density at radius 1 is 1.12 bits per heavy atom. The topological polar surface area (TPSA) is 85.5 Å². The highest BCUT2D eigenvalue weighted by molar-refractivity contribution is 6.27. The van der Waals surface area contributed by atoms with E-state index in [4.69, 9.17) is 11.6 Å². The molecule has 0 aliphatic carbocycles. The molecule has 1 aliphatic rings. The number of carbonyl (C=O) groups is 3. The fraction of sp³-hybridized carbons (Fsp3) is 0.292. The number of amides is 3. The predicted octanol–water partition coefficient (Wildman–Crippen LogP) is 3.30. The third-order valence-corrected chi connectivity index (χ3v) is 6.04. The molecule has 2 aromatic carbocycles. The molecule has 8 heteroatoms. The second-order valence-electron chi connectivity index (χ2n) is 8.16. The molecular formula is C24H25ClN4O3. The van der Waals surface area contributed by atoms with Crippen molar-refractivity contribution in [3.05, 3.63) is 65.4 Å². The molecule has 3 aromatic rings. The van der Waals surface area contributed by atoms with Gasteiger partial charge in [-0.05, 0) is 29.3 Å². The molecule has 0 spiro atoms. The number of halogens is 1. The molecule has 166 valence electrons. The Bertz CT molecular complexity index is 1190. The van der Waals surface area contributed by atoms with E-state index in [1.165, 1.54) is 11.8 Å². The number of fused-ring (bicyclic) bond motifs is 3. The molecule has 2 heterocycles. The van der Waals surface area contributed by atoms with Gasteiger partial charge in [0.25, 0.3) is 0 Å². The average molecular weight is 453 g/mol. The summed E-state index contributed by atoms with van der Waals surface area (Å²) in [5.74, 6) is -0.858. The molecule has 7 nitrogen and oxygen atoms in total. The lowest BCUT2D eigenvalue weighted by Gasteiger charge is -2.42. The van der Waals surface area contributed by atoms with Gasteiger partial charge in [-0.2, -0.15) is 0 Å². The highest BCUT2D eigenvalue weighted by atomic mass is 35.5. The van der Waals surface area contributed by atoms with Crippen LogP contribution in [0.25, 0.3) is 10.9 Å². The van der Waals surface area contributed by atoms with E-state index in [9.17, 15) is 14.4 Å². The molecule has 0 saturated carbocycles. The van der Waals surface area contributed by atoms with Gasteiger partial charge in [0.05, 0.1) is 6.04 Å². The number of hydrogen-bond acceptors (Lipinski definition) is 3. The number of benzene rings is 2. The molecule has 1 aliphatic heterocycles. The van der Waals surface area contributed by atoms with Crippen LogP contribution in [-0.2, 0) is 20.8 Å². The van der Waals surface area contributed by atoms with Crippen molar-refractivity contribution in [2.45, 2.75) is 25.4 Å². The zero-order valence-corrected chi connectivity index (χ0v) is 18.9. The first-order valence-corrected chi connectivity index (χ1v) is 10.9. The van der Waals surface area contributed by atoms with E-state index in [0.29, 0.717) is 12.1 Å². The summed E-state index contributed by atoms with van der Waals surface area (Å²) in [7, 11) is 3.38. The molecular weight excluding hydrogens is 428 g/mol. The van der Waals surface area contributed by atoms with Gasteiger partial charge in [-0.1, -0.05) is 30.3 Å². The second kappa shape index (κ2) is 8.67. The smallest absolute Gasteiger partial charge is 0.245 e. The molecule has 2 atom stereocenters. The van der Waals surface area contributed by atoms with E-state index in [2.05, 4.69) is 10.3 Å². The number of H-pyrrole nitrogens is 1. The Labute approximate surface area is 191 Å². The molecule has 1 aromatic heterocycles. The van der Waals surface area contributed by atoms with Gasteiger partial charge in [-0.15, -0.1) is 11.6 Å². The van der Waals surface area contributed by atoms with Crippen molar-refractivity contribution >= 4 is 45.9 Å². The van der Waals surface area contributed by atoms with Gasteiger partial charge in [-0.25, -0.2) is 0 Å². The second-order valence-corrected chi connectivity index (χ2v) is 8.42. The maximum Gasteiger partial charge on any atom is 0.245 e. The van der Waals surface area contributed by atoms with Crippen LogP contribution < -0.4 is 5.32 Å². The number of aromatic amines is 1. The molecule has 0 fully saturated rings. The van der Waals surface area contributed by atoms with E-state index in [-0.39, 0.29) is 23.6 Å². The van der Waals surface area contributed by atoms with E-state index in [1.54, 1.807) is 31.1 Å². The summed E-state index contributed by atoms with van der Waals surface area (Å²) in [6.07, 6.45) is 0.402. The highest BCUT2D eigenvalue weighted by Gasteiger charge is 2.43. The van der Waals surface area contributed by atoms with E-state index in [0.717, 1.165) is 27.7 Å². The van der Waals surface area contributed by atoms with Crippen molar-refractivity contribution < 1.29 is 14.4 Å². The summed E-state index contributed by atoms with van der Waals surface area (Å²) in [5, 5.41) is 3.79. The van der Waals surface area contributed by atoms with Crippen molar-refractivity contribution in [1.29, 1.82) is 0 Å². The Balaban J connectivity index is 1.91. The van der Waals surface area contributed by atoms with Gasteiger partial charge < -0.3 is 20.1 Å². The van der Waals surface area contributed by atoms with Crippen molar-refractivity contribution in [3.8, 4) is 0 Å². The number of nitrogens with zero attached hydrogens (tertiary/aromatic N) is 2. The minimum absolute atomic E-state index is 0.153. The minimum atomic E-state index is -0.678. The number of carbonyl (C=O) groups excluding carboxylic acids is 3. The van der Waals surface area contributed by atoms with Gasteiger partial charge in [-0.3, -0.25) is 14.4 Å². The fourth-order valence-electron chi connectivity index (χ4n) is 4.46. The molecule has 0 saturated heterocycles. The van der Waals surface area contributed by atoms with Crippen LogP contribution in [-0.4, -0.2) is 58.5 Å². The number of anilines is 1.